The van der Waals surface area contributed by atoms with Crippen LogP contribution in [0.15, 0.2) is 29.2 Å². The van der Waals surface area contributed by atoms with Crippen LogP contribution in [0.5, 0.6) is 0 Å². The Morgan fingerprint density at radius 1 is 1.07 bits per heavy atom. The number of hydrogen-bond donors (Lipinski definition) is 4. The third kappa shape index (κ3) is 7.28. The molecule has 152 valence electrons. The lowest BCUT2D eigenvalue weighted by atomic mass is 10.2. The summed E-state index contributed by atoms with van der Waals surface area (Å²) in [4.78, 5) is 25.2. The van der Waals surface area contributed by atoms with Gasteiger partial charge in [-0.2, -0.15) is 0 Å². The number of carbonyl (C=O) groups excluding carboxylic acids is 2. The maximum atomic E-state index is 12.5. The van der Waals surface area contributed by atoms with E-state index in [1.54, 1.807) is 32.9 Å². The first kappa shape index (κ1) is 23.1. The van der Waals surface area contributed by atoms with Gasteiger partial charge in [0.05, 0.1) is 11.4 Å². The van der Waals surface area contributed by atoms with Gasteiger partial charge in [0.15, 0.2) is 12.6 Å². The normalized spacial score (nSPS) is 13.9. The number of benzene rings is 1. The molecule has 0 radical (unpaired) electrons. The van der Waals surface area contributed by atoms with Crippen molar-refractivity contribution >= 4 is 27.5 Å². The third-order valence-electron chi connectivity index (χ3n) is 4.04. The zero-order chi connectivity index (χ0) is 20.6. The number of nitrogens with one attached hydrogen (secondary N) is 4. The van der Waals surface area contributed by atoms with Crippen molar-refractivity contribution in [3.63, 3.8) is 0 Å². The topological polar surface area (TPSA) is 109 Å². The minimum atomic E-state index is -3.57. The van der Waals surface area contributed by atoms with E-state index >= 15 is 0 Å². The minimum Gasteiger partial charge on any atom is -0.351 e. The largest absolute Gasteiger partial charge is 0.351 e. The standard InChI is InChI=1S/C18H30N4O4S/c1-6-19-17(23)12-22(7-2)14(5)18(24)20-15-8-10-16(11-9-15)27(25,26)21-13(3)4/h8-11,13-14,21H,6-7,12H2,1-5H3,(H,19,23)(H,20,24)/p+1/t14-/m0/s1. The molecule has 0 aliphatic heterocycles. The first-order valence-electron chi connectivity index (χ1n) is 9.15. The van der Waals surface area contributed by atoms with Gasteiger partial charge < -0.3 is 15.5 Å². The Labute approximate surface area is 161 Å². The van der Waals surface area contributed by atoms with E-state index in [-0.39, 0.29) is 29.3 Å². The lowest BCUT2D eigenvalue weighted by molar-refractivity contribution is -0.904. The van der Waals surface area contributed by atoms with Crippen LogP contribution in [-0.2, 0) is 19.6 Å². The van der Waals surface area contributed by atoms with Crippen LogP contribution in [0.25, 0.3) is 0 Å². The summed E-state index contributed by atoms with van der Waals surface area (Å²) >= 11 is 0. The quantitative estimate of drug-likeness (QED) is 0.435. The van der Waals surface area contributed by atoms with E-state index in [1.165, 1.54) is 12.1 Å². The van der Waals surface area contributed by atoms with Gasteiger partial charge in [0.2, 0.25) is 10.0 Å². The van der Waals surface area contributed by atoms with Gasteiger partial charge in [0.25, 0.3) is 11.8 Å². The molecule has 0 heterocycles. The second-order valence-corrected chi connectivity index (χ2v) is 8.37. The van der Waals surface area contributed by atoms with Gasteiger partial charge in [-0.05, 0) is 58.9 Å². The van der Waals surface area contributed by atoms with Crippen LogP contribution in [0.3, 0.4) is 0 Å². The summed E-state index contributed by atoms with van der Waals surface area (Å²) in [5.74, 6) is -0.326. The first-order valence-corrected chi connectivity index (χ1v) is 10.6. The van der Waals surface area contributed by atoms with Gasteiger partial charge in [-0.25, -0.2) is 13.1 Å². The van der Waals surface area contributed by atoms with Crippen molar-refractivity contribution in [3.05, 3.63) is 24.3 Å². The molecule has 2 amide bonds. The molecule has 2 atom stereocenters. The number of anilines is 1. The Bertz CT molecular complexity index is 732. The average molecular weight is 400 g/mol. The first-order chi connectivity index (χ1) is 12.6. The van der Waals surface area contributed by atoms with Crippen molar-refractivity contribution < 1.29 is 22.9 Å². The van der Waals surface area contributed by atoms with Crippen molar-refractivity contribution in [3.8, 4) is 0 Å². The molecule has 1 aromatic rings. The molecule has 0 fully saturated rings. The van der Waals surface area contributed by atoms with Crippen LogP contribution in [0.4, 0.5) is 5.69 Å². The molecule has 1 unspecified atom stereocenters. The van der Waals surface area contributed by atoms with Gasteiger partial charge in [-0.15, -0.1) is 0 Å². The van der Waals surface area contributed by atoms with Gasteiger partial charge in [-0.3, -0.25) is 9.59 Å². The predicted octanol–water partition coefficient (Wildman–Crippen LogP) is -0.259. The van der Waals surface area contributed by atoms with E-state index in [2.05, 4.69) is 15.4 Å². The van der Waals surface area contributed by atoms with Gasteiger partial charge in [0, 0.05) is 18.3 Å². The van der Waals surface area contributed by atoms with Gasteiger partial charge in [-0.1, -0.05) is 0 Å². The summed E-state index contributed by atoms with van der Waals surface area (Å²) in [6, 6.07) is 5.37. The zero-order valence-electron chi connectivity index (χ0n) is 16.6. The Morgan fingerprint density at radius 2 is 1.67 bits per heavy atom. The van der Waals surface area contributed by atoms with E-state index < -0.39 is 16.1 Å². The fraction of sp³-hybridized carbons (Fsp3) is 0.556. The van der Waals surface area contributed by atoms with Crippen LogP contribution in [-0.4, -0.2) is 52.0 Å². The molecule has 1 aromatic carbocycles. The second kappa shape index (κ2) is 10.4. The fourth-order valence-corrected chi connectivity index (χ4v) is 3.83. The Kier molecular flexibility index (Phi) is 8.87. The second-order valence-electron chi connectivity index (χ2n) is 6.65. The highest BCUT2D eigenvalue weighted by Gasteiger charge is 2.26. The number of carbonyl (C=O) groups is 2. The Hall–Kier alpha value is -1.97. The van der Waals surface area contributed by atoms with E-state index in [0.29, 0.717) is 18.8 Å². The molecule has 4 N–H and O–H groups in total. The summed E-state index contributed by atoms with van der Waals surface area (Å²) in [6.45, 7) is 10.4. The molecule has 8 nitrogen and oxygen atoms in total. The summed E-state index contributed by atoms with van der Waals surface area (Å²) < 4.78 is 26.8. The molecule has 0 spiro atoms. The van der Waals surface area contributed by atoms with E-state index in [9.17, 15) is 18.0 Å². The van der Waals surface area contributed by atoms with E-state index in [1.807, 2.05) is 13.8 Å². The Balaban J connectivity index is 2.77. The fourth-order valence-electron chi connectivity index (χ4n) is 2.58. The van der Waals surface area contributed by atoms with Crippen molar-refractivity contribution in [2.75, 3.05) is 25.0 Å². The lowest BCUT2D eigenvalue weighted by Gasteiger charge is -2.23. The highest BCUT2D eigenvalue weighted by Crippen LogP contribution is 2.14. The summed E-state index contributed by atoms with van der Waals surface area (Å²) in [5, 5.41) is 5.51. The van der Waals surface area contributed by atoms with Crippen molar-refractivity contribution in [2.24, 2.45) is 0 Å². The molecule has 0 saturated heterocycles. The molecule has 0 aromatic heterocycles. The summed E-state index contributed by atoms with van der Waals surface area (Å²) in [7, 11) is -3.57. The summed E-state index contributed by atoms with van der Waals surface area (Å²) in [5.41, 5.74) is 0.504. The molecule has 1 rings (SSSR count). The van der Waals surface area contributed by atoms with Crippen LogP contribution in [0, 0.1) is 0 Å². The molecule has 0 bridgehead atoms. The molecular weight excluding hydrogens is 368 g/mol. The zero-order valence-corrected chi connectivity index (χ0v) is 17.4. The molecule has 27 heavy (non-hydrogen) atoms. The molecule has 9 heteroatoms. The molecule has 0 saturated carbocycles. The van der Waals surface area contributed by atoms with Crippen LogP contribution in [0.1, 0.15) is 34.6 Å². The van der Waals surface area contributed by atoms with E-state index in [0.717, 1.165) is 4.90 Å². The Morgan fingerprint density at radius 3 is 2.15 bits per heavy atom. The van der Waals surface area contributed by atoms with Crippen LogP contribution >= 0.6 is 0 Å². The number of hydrogen-bond acceptors (Lipinski definition) is 4. The monoisotopic (exact) mass is 399 g/mol. The van der Waals surface area contributed by atoms with Crippen molar-refractivity contribution in [1.82, 2.24) is 10.0 Å². The SMILES string of the molecule is CCNC(=O)C[NH+](CC)[C@@H](C)C(=O)Nc1ccc(S(=O)(=O)NC(C)C)cc1. The predicted molar refractivity (Wildman–Crippen MR) is 105 cm³/mol. The van der Waals surface area contributed by atoms with E-state index in [4.69, 9.17) is 0 Å². The number of sulfonamides is 1. The minimum absolute atomic E-state index is 0.0961. The maximum absolute atomic E-state index is 12.5. The lowest BCUT2D eigenvalue weighted by Crippen LogP contribution is -3.17. The number of likely N-dealkylation sites (N-methyl/N-ethyl adjacent to an activating group) is 2. The third-order valence-corrected chi connectivity index (χ3v) is 5.72. The summed E-state index contributed by atoms with van der Waals surface area (Å²) in [6.07, 6.45) is 0. The average Bonchev–Trinajstić information content (AvgIpc) is 2.58. The van der Waals surface area contributed by atoms with Gasteiger partial charge >= 0.3 is 0 Å². The van der Waals surface area contributed by atoms with Crippen LogP contribution < -0.4 is 20.3 Å². The number of quaternary nitrogens is 1. The number of amides is 2. The van der Waals surface area contributed by atoms with Gasteiger partial charge in [0.1, 0.15) is 0 Å². The highest BCUT2D eigenvalue weighted by atomic mass is 32.2. The molecule has 0 aliphatic carbocycles. The molecular formula is C18H31N4O4S+. The van der Waals surface area contributed by atoms with Crippen molar-refractivity contribution in [2.45, 2.75) is 51.6 Å². The number of rotatable bonds is 10. The smallest absolute Gasteiger partial charge is 0.282 e. The highest BCUT2D eigenvalue weighted by molar-refractivity contribution is 7.89. The van der Waals surface area contributed by atoms with Crippen LogP contribution in [0.2, 0.25) is 0 Å². The molecule has 0 aliphatic rings. The maximum Gasteiger partial charge on any atom is 0.282 e. The van der Waals surface area contributed by atoms with Crippen molar-refractivity contribution in [1.29, 1.82) is 0 Å².